The molecule has 2 N–H and O–H groups in total. The molecule has 5 nitrogen and oxygen atoms in total. The Labute approximate surface area is 122 Å². The molecule has 0 aromatic carbocycles. The van der Waals surface area contributed by atoms with Gasteiger partial charge in [0, 0.05) is 45.5 Å². The topological polar surface area (TPSA) is 42.9 Å². The summed E-state index contributed by atoms with van der Waals surface area (Å²) < 4.78 is 0. The molecule has 0 unspecified atom stereocenters. The van der Waals surface area contributed by atoms with Gasteiger partial charge >= 0.3 is 0 Å². The molecule has 0 aliphatic carbocycles. The van der Waals surface area contributed by atoms with Gasteiger partial charge in [0.1, 0.15) is 0 Å². The van der Waals surface area contributed by atoms with Crippen molar-refractivity contribution in [3.05, 3.63) is 0 Å². The highest BCUT2D eigenvalue weighted by molar-refractivity contribution is 7.98. The molecular weight excluding hydrogens is 258 g/mol. The fourth-order valence-corrected chi connectivity index (χ4v) is 2.45. The minimum atomic E-state index is 0.918. The number of aliphatic imine (C=N–C) groups is 1. The van der Waals surface area contributed by atoms with Crippen LogP contribution >= 0.6 is 11.8 Å². The predicted octanol–water partition coefficient (Wildman–Crippen LogP) is 0.152. The second-order valence-corrected chi connectivity index (χ2v) is 5.90. The molecule has 1 aliphatic rings. The van der Waals surface area contributed by atoms with Crippen molar-refractivity contribution in [3.8, 4) is 0 Å². The van der Waals surface area contributed by atoms with Crippen LogP contribution in [0.3, 0.4) is 0 Å². The molecule has 19 heavy (non-hydrogen) atoms. The van der Waals surface area contributed by atoms with Crippen molar-refractivity contribution in [2.75, 3.05) is 71.9 Å². The molecule has 0 aromatic heterocycles. The molecule has 0 amide bonds. The lowest BCUT2D eigenvalue weighted by Gasteiger charge is -2.21. The van der Waals surface area contributed by atoms with Gasteiger partial charge in [-0.15, -0.1) is 0 Å². The first kappa shape index (κ1) is 16.6. The van der Waals surface area contributed by atoms with Crippen molar-refractivity contribution in [3.63, 3.8) is 0 Å². The van der Waals surface area contributed by atoms with Gasteiger partial charge < -0.3 is 20.4 Å². The molecule has 1 saturated heterocycles. The standard InChI is InChI=1S/C13H29N5S/c1-14-13(16-6-12-19-3)15-5-9-18-8-4-7-17(2)10-11-18/h4-12H2,1-3H3,(H2,14,15,16). The predicted molar refractivity (Wildman–Crippen MR) is 86.3 cm³/mol. The Morgan fingerprint density at radius 2 is 1.95 bits per heavy atom. The van der Waals surface area contributed by atoms with E-state index in [0.717, 1.165) is 31.3 Å². The second kappa shape index (κ2) is 10.3. The Hall–Kier alpha value is -0.460. The van der Waals surface area contributed by atoms with Gasteiger partial charge in [-0.1, -0.05) is 0 Å². The summed E-state index contributed by atoms with van der Waals surface area (Å²) in [5.74, 6) is 2.03. The maximum atomic E-state index is 4.23. The van der Waals surface area contributed by atoms with E-state index in [0.29, 0.717) is 0 Å². The minimum Gasteiger partial charge on any atom is -0.356 e. The van der Waals surface area contributed by atoms with Gasteiger partial charge in [0.05, 0.1) is 0 Å². The Balaban J connectivity index is 2.13. The van der Waals surface area contributed by atoms with Crippen molar-refractivity contribution in [1.82, 2.24) is 20.4 Å². The van der Waals surface area contributed by atoms with Crippen molar-refractivity contribution >= 4 is 17.7 Å². The van der Waals surface area contributed by atoms with Crippen LogP contribution in [0, 0.1) is 0 Å². The average Bonchev–Trinajstić information content (AvgIpc) is 2.62. The number of rotatable bonds is 6. The highest BCUT2D eigenvalue weighted by atomic mass is 32.2. The van der Waals surface area contributed by atoms with Gasteiger partial charge in [-0.25, -0.2) is 0 Å². The minimum absolute atomic E-state index is 0.918. The number of nitrogens with one attached hydrogen (secondary N) is 2. The molecule has 0 saturated carbocycles. The number of hydrogen-bond donors (Lipinski definition) is 2. The maximum absolute atomic E-state index is 4.23. The van der Waals surface area contributed by atoms with Gasteiger partial charge in [0.15, 0.2) is 5.96 Å². The SMILES string of the molecule is CN=C(NCCSC)NCCN1CCCN(C)CC1. The van der Waals surface area contributed by atoms with Gasteiger partial charge in [0.25, 0.3) is 0 Å². The number of nitrogens with zero attached hydrogens (tertiary/aromatic N) is 3. The average molecular weight is 287 g/mol. The summed E-state index contributed by atoms with van der Waals surface area (Å²) in [6, 6.07) is 0. The van der Waals surface area contributed by atoms with E-state index in [-0.39, 0.29) is 0 Å². The highest BCUT2D eigenvalue weighted by Crippen LogP contribution is 1.99. The third-order valence-corrected chi connectivity index (χ3v) is 3.97. The van der Waals surface area contributed by atoms with E-state index in [4.69, 9.17) is 0 Å². The first-order valence-electron chi connectivity index (χ1n) is 7.10. The smallest absolute Gasteiger partial charge is 0.191 e. The molecule has 1 aliphatic heterocycles. The van der Waals surface area contributed by atoms with Gasteiger partial charge in [0.2, 0.25) is 0 Å². The van der Waals surface area contributed by atoms with Crippen LogP contribution in [0.25, 0.3) is 0 Å². The molecule has 112 valence electrons. The Bertz CT molecular complexity index is 259. The molecule has 1 fully saturated rings. The van der Waals surface area contributed by atoms with E-state index >= 15 is 0 Å². The van der Waals surface area contributed by atoms with E-state index in [1.807, 2.05) is 18.8 Å². The normalized spacial score (nSPS) is 19.2. The zero-order chi connectivity index (χ0) is 13.9. The molecule has 1 heterocycles. The quantitative estimate of drug-likeness (QED) is 0.414. The zero-order valence-corrected chi connectivity index (χ0v) is 13.4. The first-order valence-corrected chi connectivity index (χ1v) is 8.50. The highest BCUT2D eigenvalue weighted by Gasteiger charge is 2.11. The summed E-state index contributed by atoms with van der Waals surface area (Å²) in [5.41, 5.74) is 0. The summed E-state index contributed by atoms with van der Waals surface area (Å²) >= 11 is 1.85. The van der Waals surface area contributed by atoms with Crippen LogP contribution in [0.2, 0.25) is 0 Å². The van der Waals surface area contributed by atoms with Crippen LogP contribution in [0.15, 0.2) is 4.99 Å². The molecule has 0 aromatic rings. The molecule has 0 radical (unpaired) electrons. The summed E-state index contributed by atoms with van der Waals surface area (Å²) in [4.78, 5) is 9.18. The first-order chi connectivity index (χ1) is 9.26. The van der Waals surface area contributed by atoms with Crippen LogP contribution in [-0.2, 0) is 0 Å². The largest absolute Gasteiger partial charge is 0.356 e. The molecule has 0 atom stereocenters. The second-order valence-electron chi connectivity index (χ2n) is 4.92. The van der Waals surface area contributed by atoms with Crippen LogP contribution < -0.4 is 10.6 Å². The molecule has 1 rings (SSSR count). The lowest BCUT2D eigenvalue weighted by molar-refractivity contribution is 0.280. The monoisotopic (exact) mass is 287 g/mol. The molecule has 0 spiro atoms. The van der Waals surface area contributed by atoms with E-state index in [2.05, 4.69) is 38.7 Å². The van der Waals surface area contributed by atoms with E-state index < -0.39 is 0 Å². The van der Waals surface area contributed by atoms with Gasteiger partial charge in [-0.2, -0.15) is 11.8 Å². The molecular formula is C13H29N5S. The third kappa shape index (κ3) is 7.64. The summed E-state index contributed by atoms with van der Waals surface area (Å²) in [5, 5.41) is 6.70. The van der Waals surface area contributed by atoms with E-state index in [9.17, 15) is 0 Å². The fraction of sp³-hybridized carbons (Fsp3) is 0.923. The van der Waals surface area contributed by atoms with Crippen LogP contribution in [0.4, 0.5) is 0 Å². The van der Waals surface area contributed by atoms with Crippen molar-refractivity contribution in [2.24, 2.45) is 4.99 Å². The molecule has 0 bridgehead atoms. The number of guanidine groups is 1. The Morgan fingerprint density at radius 1 is 1.16 bits per heavy atom. The third-order valence-electron chi connectivity index (χ3n) is 3.35. The van der Waals surface area contributed by atoms with Crippen molar-refractivity contribution in [1.29, 1.82) is 0 Å². The summed E-state index contributed by atoms with van der Waals surface area (Å²) in [7, 11) is 4.04. The van der Waals surface area contributed by atoms with E-state index in [1.165, 1.54) is 32.6 Å². The Morgan fingerprint density at radius 3 is 2.68 bits per heavy atom. The zero-order valence-electron chi connectivity index (χ0n) is 12.6. The van der Waals surface area contributed by atoms with Crippen LogP contribution in [-0.4, -0.2) is 87.7 Å². The lowest BCUT2D eigenvalue weighted by atomic mass is 10.4. The maximum Gasteiger partial charge on any atom is 0.191 e. The summed E-state index contributed by atoms with van der Waals surface area (Å²) in [6.07, 6.45) is 3.39. The van der Waals surface area contributed by atoms with Crippen molar-refractivity contribution in [2.45, 2.75) is 6.42 Å². The lowest BCUT2D eigenvalue weighted by Crippen LogP contribution is -2.42. The molecule has 6 heteroatoms. The number of likely N-dealkylation sites (N-methyl/N-ethyl adjacent to an activating group) is 1. The van der Waals surface area contributed by atoms with Crippen LogP contribution in [0.5, 0.6) is 0 Å². The summed E-state index contributed by atoms with van der Waals surface area (Å²) in [6.45, 7) is 7.82. The number of hydrogen-bond acceptors (Lipinski definition) is 4. The Kier molecular flexibility index (Phi) is 9.03. The van der Waals surface area contributed by atoms with Gasteiger partial charge in [-0.05, 0) is 32.8 Å². The van der Waals surface area contributed by atoms with E-state index in [1.54, 1.807) is 0 Å². The van der Waals surface area contributed by atoms with Crippen molar-refractivity contribution < 1.29 is 0 Å². The van der Waals surface area contributed by atoms with Gasteiger partial charge in [-0.3, -0.25) is 4.99 Å². The fourth-order valence-electron chi connectivity index (χ4n) is 2.15. The number of thioether (sulfide) groups is 1. The van der Waals surface area contributed by atoms with Crippen LogP contribution in [0.1, 0.15) is 6.42 Å².